The van der Waals surface area contributed by atoms with Crippen LogP contribution in [0.5, 0.6) is 5.75 Å². The van der Waals surface area contributed by atoms with E-state index < -0.39 is 11.7 Å². The maximum Gasteiger partial charge on any atom is 0.258 e. The lowest BCUT2D eigenvalue weighted by Gasteiger charge is -2.27. The lowest BCUT2D eigenvalue weighted by atomic mass is 9.84. The second kappa shape index (κ2) is 7.88. The summed E-state index contributed by atoms with van der Waals surface area (Å²) in [7, 11) is 0. The summed E-state index contributed by atoms with van der Waals surface area (Å²) in [5, 5.41) is 9.69. The van der Waals surface area contributed by atoms with Gasteiger partial charge in [0.15, 0.2) is 0 Å². The number of fused-ring (bicyclic) bond motifs is 1. The van der Waals surface area contributed by atoms with Gasteiger partial charge >= 0.3 is 0 Å². The van der Waals surface area contributed by atoms with E-state index in [9.17, 15) is 14.4 Å². The van der Waals surface area contributed by atoms with Crippen LogP contribution in [0.1, 0.15) is 28.3 Å². The van der Waals surface area contributed by atoms with Crippen LogP contribution >= 0.6 is 0 Å². The van der Waals surface area contributed by atoms with E-state index in [0.717, 1.165) is 11.3 Å². The van der Waals surface area contributed by atoms with Crippen LogP contribution in [0.25, 0.3) is 0 Å². The molecule has 0 saturated heterocycles. The number of hydrogen-bond acceptors (Lipinski definition) is 4. The van der Waals surface area contributed by atoms with Gasteiger partial charge in [-0.25, -0.2) is 4.39 Å². The maximum atomic E-state index is 13.5. The third-order valence-corrected chi connectivity index (χ3v) is 5.36. The van der Waals surface area contributed by atoms with Crippen LogP contribution in [0.15, 0.2) is 76.9 Å². The highest BCUT2D eigenvalue weighted by Crippen LogP contribution is 2.40. The van der Waals surface area contributed by atoms with Crippen LogP contribution < -0.4 is 16.0 Å². The van der Waals surface area contributed by atoms with Gasteiger partial charge < -0.3 is 15.0 Å². The number of pyridine rings is 1. The fourth-order valence-corrected chi connectivity index (χ4v) is 3.84. The molecule has 1 aromatic heterocycles. The third-order valence-electron chi connectivity index (χ3n) is 5.36. The average molecular weight is 401 g/mol. The fraction of sp³-hybridized carbons (Fsp3) is 0.167. The predicted molar refractivity (Wildman–Crippen MR) is 111 cm³/mol. The number of aromatic nitrogens is 1. The SMILES string of the molecule is Cc1cc2c(c(=O)n1CCc1ccccc1)[C@H](c1ccc(F)cc1)C(C#N)=C(N)O2. The van der Waals surface area contributed by atoms with Crippen LogP contribution in [0.4, 0.5) is 4.39 Å². The molecule has 5 nitrogen and oxygen atoms in total. The molecule has 0 saturated carbocycles. The molecule has 2 heterocycles. The third kappa shape index (κ3) is 3.46. The van der Waals surface area contributed by atoms with Gasteiger partial charge in [0.25, 0.3) is 5.56 Å². The molecule has 0 aliphatic carbocycles. The number of halogens is 1. The maximum absolute atomic E-state index is 13.5. The lowest BCUT2D eigenvalue weighted by molar-refractivity contribution is 0.388. The molecule has 1 aliphatic heterocycles. The molecule has 150 valence electrons. The lowest BCUT2D eigenvalue weighted by Crippen LogP contribution is -2.33. The van der Waals surface area contributed by atoms with E-state index in [0.29, 0.717) is 29.8 Å². The second-order valence-electron chi connectivity index (χ2n) is 7.23. The quantitative estimate of drug-likeness (QED) is 0.722. The van der Waals surface area contributed by atoms with Gasteiger partial charge in [0, 0.05) is 18.3 Å². The average Bonchev–Trinajstić information content (AvgIpc) is 2.74. The van der Waals surface area contributed by atoms with Crippen LogP contribution in [-0.4, -0.2) is 4.57 Å². The van der Waals surface area contributed by atoms with Crippen molar-refractivity contribution in [2.75, 3.05) is 0 Å². The highest BCUT2D eigenvalue weighted by Gasteiger charge is 2.34. The van der Waals surface area contributed by atoms with Gasteiger partial charge in [0.05, 0.1) is 11.5 Å². The minimum absolute atomic E-state index is 0.0415. The van der Waals surface area contributed by atoms with Crippen molar-refractivity contribution in [3.05, 3.63) is 111 Å². The number of nitrogens with two attached hydrogens (primary N) is 1. The van der Waals surface area contributed by atoms with Gasteiger partial charge in [-0.15, -0.1) is 0 Å². The van der Waals surface area contributed by atoms with Crippen molar-refractivity contribution >= 4 is 0 Å². The Morgan fingerprint density at radius 2 is 1.87 bits per heavy atom. The summed E-state index contributed by atoms with van der Waals surface area (Å²) < 4.78 is 20.8. The minimum atomic E-state index is -0.713. The van der Waals surface area contributed by atoms with Crippen LogP contribution in [0.2, 0.25) is 0 Å². The monoisotopic (exact) mass is 401 g/mol. The second-order valence-corrected chi connectivity index (χ2v) is 7.23. The largest absolute Gasteiger partial charge is 0.440 e. The van der Waals surface area contributed by atoms with Crippen LogP contribution in [0.3, 0.4) is 0 Å². The molecular weight excluding hydrogens is 381 g/mol. The molecule has 0 bridgehead atoms. The van der Waals surface area contributed by atoms with E-state index in [1.807, 2.05) is 37.3 Å². The van der Waals surface area contributed by atoms with Gasteiger partial charge in [-0.3, -0.25) is 4.79 Å². The minimum Gasteiger partial charge on any atom is -0.440 e. The molecule has 0 amide bonds. The van der Waals surface area contributed by atoms with Crippen LogP contribution in [0, 0.1) is 24.1 Å². The first-order valence-electron chi connectivity index (χ1n) is 9.61. The van der Waals surface area contributed by atoms with Crippen molar-refractivity contribution in [2.24, 2.45) is 5.73 Å². The van der Waals surface area contributed by atoms with Gasteiger partial charge in [-0.1, -0.05) is 42.5 Å². The zero-order valence-electron chi connectivity index (χ0n) is 16.4. The smallest absolute Gasteiger partial charge is 0.258 e. The zero-order valence-corrected chi connectivity index (χ0v) is 16.4. The van der Waals surface area contributed by atoms with E-state index in [-0.39, 0.29) is 17.0 Å². The summed E-state index contributed by atoms with van der Waals surface area (Å²) in [6, 6.07) is 19.5. The molecule has 6 heteroatoms. The number of benzene rings is 2. The Labute approximate surface area is 173 Å². The van der Waals surface area contributed by atoms with Crippen LogP contribution in [-0.2, 0) is 13.0 Å². The number of hydrogen-bond donors (Lipinski definition) is 1. The molecule has 30 heavy (non-hydrogen) atoms. The molecule has 0 spiro atoms. The summed E-state index contributed by atoms with van der Waals surface area (Å²) in [5.41, 5.74) is 8.69. The standard InChI is InChI=1S/C24H20FN3O2/c1-15-13-20-22(24(29)28(15)12-11-16-5-3-2-4-6-16)21(19(14-26)23(27)30-20)17-7-9-18(25)10-8-17/h2-10,13,21H,11-12,27H2,1H3/t21-/m1/s1. The number of allylic oxidation sites excluding steroid dienone is 1. The Bertz CT molecular complexity index is 1220. The topological polar surface area (TPSA) is 81.0 Å². The molecule has 0 unspecified atom stereocenters. The first kappa shape index (κ1) is 19.5. The van der Waals surface area contributed by atoms with Crippen molar-refractivity contribution < 1.29 is 9.13 Å². The van der Waals surface area contributed by atoms with Gasteiger partial charge in [-0.2, -0.15) is 5.26 Å². The summed E-state index contributed by atoms with van der Waals surface area (Å²) in [4.78, 5) is 13.5. The Morgan fingerprint density at radius 3 is 2.53 bits per heavy atom. The van der Waals surface area contributed by atoms with Crippen molar-refractivity contribution in [1.82, 2.24) is 4.57 Å². The Balaban J connectivity index is 1.83. The van der Waals surface area contributed by atoms with E-state index in [2.05, 4.69) is 6.07 Å². The zero-order chi connectivity index (χ0) is 21.3. The van der Waals surface area contributed by atoms with Gasteiger partial charge in [0.1, 0.15) is 23.2 Å². The summed E-state index contributed by atoms with van der Waals surface area (Å²) in [6.45, 7) is 2.32. The normalized spacial score (nSPS) is 15.3. The summed E-state index contributed by atoms with van der Waals surface area (Å²) in [5.74, 6) is -0.819. The highest BCUT2D eigenvalue weighted by atomic mass is 19.1. The Kier molecular flexibility index (Phi) is 5.11. The molecule has 2 aromatic carbocycles. The molecule has 0 fully saturated rings. The van der Waals surface area contributed by atoms with Gasteiger partial charge in [0.2, 0.25) is 5.88 Å². The predicted octanol–water partition coefficient (Wildman–Crippen LogP) is 3.76. The molecule has 1 aliphatic rings. The van der Waals surface area contributed by atoms with Crippen molar-refractivity contribution in [3.63, 3.8) is 0 Å². The molecule has 4 rings (SSSR count). The molecular formula is C24H20FN3O2. The molecule has 0 radical (unpaired) electrons. The van der Waals surface area contributed by atoms with Crippen molar-refractivity contribution in [2.45, 2.75) is 25.8 Å². The molecule has 2 N–H and O–H groups in total. The van der Waals surface area contributed by atoms with Crippen molar-refractivity contribution in [1.29, 1.82) is 5.26 Å². The first-order chi connectivity index (χ1) is 14.5. The Morgan fingerprint density at radius 1 is 1.17 bits per heavy atom. The summed E-state index contributed by atoms with van der Waals surface area (Å²) >= 11 is 0. The molecule has 1 atom stereocenters. The van der Waals surface area contributed by atoms with E-state index in [4.69, 9.17) is 10.5 Å². The highest BCUT2D eigenvalue weighted by molar-refractivity contribution is 5.55. The Hall–Kier alpha value is -3.85. The number of aryl methyl sites for hydroxylation is 2. The number of nitrogens with zero attached hydrogens (tertiary/aromatic N) is 2. The van der Waals surface area contributed by atoms with Crippen molar-refractivity contribution in [3.8, 4) is 11.8 Å². The van der Waals surface area contributed by atoms with E-state index >= 15 is 0 Å². The number of ether oxygens (including phenoxy) is 1. The number of nitriles is 1. The number of rotatable bonds is 4. The summed E-state index contributed by atoms with van der Waals surface area (Å²) in [6.07, 6.45) is 0.686. The fourth-order valence-electron chi connectivity index (χ4n) is 3.84. The van der Waals surface area contributed by atoms with Gasteiger partial charge in [-0.05, 0) is 36.6 Å². The van der Waals surface area contributed by atoms with E-state index in [1.165, 1.54) is 12.1 Å². The molecule has 3 aromatic rings. The first-order valence-corrected chi connectivity index (χ1v) is 9.61. The van der Waals surface area contributed by atoms with E-state index in [1.54, 1.807) is 22.8 Å².